The highest BCUT2D eigenvalue weighted by Gasteiger charge is 2.18. The van der Waals surface area contributed by atoms with Gasteiger partial charge in [-0.05, 0) is 37.5 Å². The Morgan fingerprint density at radius 2 is 2.00 bits per heavy atom. The Morgan fingerprint density at radius 3 is 2.67 bits per heavy atom. The molecule has 6 heteroatoms. The average molecular weight is 310 g/mol. The van der Waals surface area contributed by atoms with Crippen molar-refractivity contribution in [2.45, 2.75) is 38.6 Å². The molecule has 0 aliphatic heterocycles. The van der Waals surface area contributed by atoms with Crippen LogP contribution < -0.4 is 16.0 Å². The van der Waals surface area contributed by atoms with E-state index >= 15 is 0 Å². The summed E-state index contributed by atoms with van der Waals surface area (Å²) in [6.45, 7) is 1.94. The van der Waals surface area contributed by atoms with Gasteiger partial charge in [0.25, 0.3) is 0 Å². The highest BCUT2D eigenvalue weighted by molar-refractivity contribution is 6.33. The Labute approximate surface area is 129 Å². The van der Waals surface area contributed by atoms with Crippen LogP contribution in [0.15, 0.2) is 18.2 Å². The van der Waals surface area contributed by atoms with Crippen molar-refractivity contribution < 1.29 is 9.59 Å². The molecule has 0 spiro atoms. The first kappa shape index (κ1) is 15.6. The number of hydrogen-bond donors (Lipinski definition) is 3. The second-order valence-corrected chi connectivity index (χ2v) is 5.75. The number of rotatable bonds is 4. The van der Waals surface area contributed by atoms with E-state index in [9.17, 15) is 9.59 Å². The molecule has 0 saturated heterocycles. The second kappa shape index (κ2) is 7.31. The summed E-state index contributed by atoms with van der Waals surface area (Å²) in [4.78, 5) is 23.3. The number of imide groups is 1. The molecule has 1 aliphatic carbocycles. The summed E-state index contributed by atoms with van der Waals surface area (Å²) in [6, 6.07) is 5.29. The average Bonchev–Trinajstić information content (AvgIpc) is 2.90. The van der Waals surface area contributed by atoms with Crippen molar-refractivity contribution in [2.24, 2.45) is 0 Å². The fourth-order valence-corrected chi connectivity index (χ4v) is 2.70. The molecule has 0 atom stereocenters. The lowest BCUT2D eigenvalue weighted by Crippen LogP contribution is -2.45. The lowest BCUT2D eigenvalue weighted by atomic mass is 10.2. The molecular formula is C15H20ClN3O2. The Kier molecular flexibility index (Phi) is 5.44. The molecule has 0 aromatic heterocycles. The monoisotopic (exact) mass is 309 g/mol. The van der Waals surface area contributed by atoms with Crippen molar-refractivity contribution in [3.8, 4) is 0 Å². The van der Waals surface area contributed by atoms with Gasteiger partial charge >= 0.3 is 6.03 Å². The van der Waals surface area contributed by atoms with Crippen LogP contribution in [0.1, 0.15) is 31.2 Å². The molecule has 1 aromatic carbocycles. The number of nitrogens with one attached hydrogen (secondary N) is 3. The number of anilines is 1. The molecule has 0 unspecified atom stereocenters. The van der Waals surface area contributed by atoms with Crippen molar-refractivity contribution in [3.05, 3.63) is 28.8 Å². The molecule has 3 N–H and O–H groups in total. The topological polar surface area (TPSA) is 70.2 Å². The zero-order valence-electron chi connectivity index (χ0n) is 12.0. The van der Waals surface area contributed by atoms with Crippen LogP contribution in [-0.2, 0) is 4.79 Å². The largest absolute Gasteiger partial charge is 0.375 e. The van der Waals surface area contributed by atoms with Crippen molar-refractivity contribution in [1.29, 1.82) is 0 Å². The summed E-state index contributed by atoms with van der Waals surface area (Å²) < 4.78 is 0. The van der Waals surface area contributed by atoms with Crippen molar-refractivity contribution >= 4 is 29.2 Å². The molecule has 5 nitrogen and oxygen atoms in total. The molecular weight excluding hydrogens is 290 g/mol. The maximum absolute atomic E-state index is 11.7. The van der Waals surface area contributed by atoms with Gasteiger partial charge in [0.05, 0.1) is 17.3 Å². The normalized spacial score (nSPS) is 14.8. The first-order valence-electron chi connectivity index (χ1n) is 7.15. The number of benzene rings is 1. The molecule has 114 valence electrons. The fraction of sp³-hybridized carbons (Fsp3) is 0.467. The molecule has 1 saturated carbocycles. The molecule has 2 rings (SSSR count). The molecule has 0 bridgehead atoms. The maximum Gasteiger partial charge on any atom is 0.321 e. The molecule has 3 amide bonds. The summed E-state index contributed by atoms with van der Waals surface area (Å²) in [5.74, 6) is -0.387. The third kappa shape index (κ3) is 4.93. The van der Waals surface area contributed by atoms with Gasteiger partial charge in [-0.15, -0.1) is 0 Å². The molecule has 0 radical (unpaired) electrons. The molecule has 1 aromatic rings. The van der Waals surface area contributed by atoms with E-state index in [-0.39, 0.29) is 18.5 Å². The smallest absolute Gasteiger partial charge is 0.321 e. The minimum atomic E-state index is -0.427. The quantitative estimate of drug-likeness (QED) is 0.801. The van der Waals surface area contributed by atoms with E-state index in [4.69, 9.17) is 11.6 Å². The van der Waals surface area contributed by atoms with Crippen LogP contribution in [-0.4, -0.2) is 24.5 Å². The van der Waals surface area contributed by atoms with Crippen LogP contribution in [0.5, 0.6) is 0 Å². The van der Waals surface area contributed by atoms with Crippen LogP contribution in [0.2, 0.25) is 5.02 Å². The first-order valence-corrected chi connectivity index (χ1v) is 7.53. The van der Waals surface area contributed by atoms with E-state index in [2.05, 4.69) is 16.0 Å². The van der Waals surface area contributed by atoms with Gasteiger partial charge in [0, 0.05) is 6.04 Å². The van der Waals surface area contributed by atoms with Gasteiger partial charge in [-0.1, -0.05) is 30.5 Å². The van der Waals surface area contributed by atoms with Gasteiger partial charge in [0.2, 0.25) is 5.91 Å². The minimum absolute atomic E-state index is 0.000861. The van der Waals surface area contributed by atoms with Gasteiger partial charge in [-0.2, -0.15) is 0 Å². The summed E-state index contributed by atoms with van der Waals surface area (Å²) in [6.07, 6.45) is 4.23. The molecule has 1 fully saturated rings. The second-order valence-electron chi connectivity index (χ2n) is 5.34. The summed E-state index contributed by atoms with van der Waals surface area (Å²) >= 11 is 6.06. The molecule has 21 heavy (non-hydrogen) atoms. The van der Waals surface area contributed by atoms with E-state index < -0.39 is 6.03 Å². The Hall–Kier alpha value is -1.75. The number of aryl methyl sites for hydroxylation is 1. The van der Waals surface area contributed by atoms with Crippen molar-refractivity contribution in [1.82, 2.24) is 10.6 Å². The van der Waals surface area contributed by atoms with Gasteiger partial charge in [0.15, 0.2) is 0 Å². The number of carbonyl (C=O) groups is 2. The first-order chi connectivity index (χ1) is 10.0. The van der Waals surface area contributed by atoms with Gasteiger partial charge in [0.1, 0.15) is 0 Å². The maximum atomic E-state index is 11.7. The molecule has 0 heterocycles. The van der Waals surface area contributed by atoms with Crippen molar-refractivity contribution in [3.63, 3.8) is 0 Å². The van der Waals surface area contributed by atoms with Crippen molar-refractivity contribution in [2.75, 3.05) is 11.9 Å². The SMILES string of the molecule is Cc1ccc(NCC(=O)NC(=O)NC2CCCC2)c(Cl)c1. The highest BCUT2D eigenvalue weighted by Crippen LogP contribution is 2.22. The third-order valence-electron chi connectivity index (χ3n) is 3.51. The van der Waals surface area contributed by atoms with E-state index in [1.807, 2.05) is 25.1 Å². The van der Waals surface area contributed by atoms with Crippen LogP contribution in [0.4, 0.5) is 10.5 Å². The van der Waals surface area contributed by atoms with E-state index in [1.54, 1.807) is 0 Å². The number of carbonyl (C=O) groups excluding carboxylic acids is 2. The summed E-state index contributed by atoms with van der Waals surface area (Å²) in [5, 5.41) is 8.58. The van der Waals surface area contributed by atoms with Crippen LogP contribution >= 0.6 is 11.6 Å². The lowest BCUT2D eigenvalue weighted by molar-refractivity contribution is -0.118. The number of urea groups is 1. The van der Waals surface area contributed by atoms with E-state index in [0.717, 1.165) is 31.2 Å². The van der Waals surface area contributed by atoms with Crippen LogP contribution in [0.3, 0.4) is 0 Å². The number of halogens is 1. The fourth-order valence-electron chi connectivity index (χ4n) is 2.40. The Morgan fingerprint density at radius 1 is 1.29 bits per heavy atom. The molecule has 1 aliphatic rings. The zero-order chi connectivity index (χ0) is 15.2. The lowest BCUT2D eigenvalue weighted by Gasteiger charge is -2.13. The van der Waals surface area contributed by atoms with Crippen LogP contribution in [0.25, 0.3) is 0 Å². The van der Waals surface area contributed by atoms with E-state index in [1.165, 1.54) is 0 Å². The summed E-state index contributed by atoms with van der Waals surface area (Å²) in [5.41, 5.74) is 1.72. The third-order valence-corrected chi connectivity index (χ3v) is 3.82. The minimum Gasteiger partial charge on any atom is -0.375 e. The van der Waals surface area contributed by atoms with Crippen LogP contribution in [0, 0.1) is 6.92 Å². The standard InChI is InChI=1S/C15H20ClN3O2/c1-10-6-7-13(12(16)8-10)17-9-14(20)19-15(21)18-11-4-2-3-5-11/h6-8,11,17H,2-5,9H2,1H3,(H2,18,19,20,21). The Bertz CT molecular complexity index is 528. The van der Waals surface area contributed by atoms with Gasteiger partial charge in [-0.3, -0.25) is 10.1 Å². The number of amides is 3. The predicted molar refractivity (Wildman–Crippen MR) is 83.6 cm³/mol. The Balaban J connectivity index is 1.75. The number of hydrogen-bond acceptors (Lipinski definition) is 3. The highest BCUT2D eigenvalue weighted by atomic mass is 35.5. The summed E-state index contributed by atoms with van der Waals surface area (Å²) in [7, 11) is 0. The predicted octanol–water partition coefficient (Wildman–Crippen LogP) is 2.83. The van der Waals surface area contributed by atoms with Gasteiger partial charge < -0.3 is 10.6 Å². The van der Waals surface area contributed by atoms with E-state index in [0.29, 0.717) is 10.7 Å². The zero-order valence-corrected chi connectivity index (χ0v) is 12.8. The van der Waals surface area contributed by atoms with Gasteiger partial charge in [-0.25, -0.2) is 4.79 Å².